The van der Waals surface area contributed by atoms with Gasteiger partial charge in [-0.3, -0.25) is 9.59 Å². The van der Waals surface area contributed by atoms with Gasteiger partial charge in [0.1, 0.15) is 5.60 Å². The second kappa shape index (κ2) is 11.1. The van der Waals surface area contributed by atoms with Crippen molar-refractivity contribution >= 4 is 17.6 Å². The fraction of sp³-hybridized carbons (Fsp3) is 0.550. The van der Waals surface area contributed by atoms with Gasteiger partial charge >= 0.3 is 5.97 Å². The van der Waals surface area contributed by atoms with Crippen LogP contribution in [0.5, 0.6) is 0 Å². The monoisotopic (exact) mass is 359 g/mol. The van der Waals surface area contributed by atoms with Gasteiger partial charge in [-0.05, 0) is 57.9 Å². The Labute approximate surface area is 155 Å². The minimum Gasteiger partial charge on any atom is -0.460 e. The average molecular weight is 359 g/mol. The minimum absolute atomic E-state index is 0.0666. The van der Waals surface area contributed by atoms with Crippen molar-refractivity contribution in [3.05, 3.63) is 29.8 Å². The predicted molar refractivity (Wildman–Crippen MR) is 102 cm³/mol. The SMILES string of the molecule is CC(C)(C)OC(=O)CCCCCCNC(=O)CNc1ccc(C#N)cc1. The van der Waals surface area contributed by atoms with Crippen molar-refractivity contribution in [2.24, 2.45) is 0 Å². The van der Waals surface area contributed by atoms with Gasteiger partial charge in [-0.1, -0.05) is 12.8 Å². The maximum Gasteiger partial charge on any atom is 0.306 e. The van der Waals surface area contributed by atoms with Crippen LogP contribution < -0.4 is 10.6 Å². The number of hydrogen-bond donors (Lipinski definition) is 2. The minimum atomic E-state index is -0.423. The number of anilines is 1. The highest BCUT2D eigenvalue weighted by atomic mass is 16.6. The third-order valence-corrected chi connectivity index (χ3v) is 3.52. The molecule has 0 radical (unpaired) electrons. The summed E-state index contributed by atoms with van der Waals surface area (Å²) in [6.45, 7) is 6.42. The summed E-state index contributed by atoms with van der Waals surface area (Å²) < 4.78 is 5.25. The molecule has 6 heteroatoms. The quantitative estimate of drug-likeness (QED) is 0.494. The Morgan fingerprint density at radius 2 is 1.73 bits per heavy atom. The summed E-state index contributed by atoms with van der Waals surface area (Å²) in [4.78, 5) is 23.3. The number of nitriles is 1. The predicted octanol–water partition coefficient (Wildman–Crippen LogP) is 3.38. The van der Waals surface area contributed by atoms with Crippen LogP contribution in [0.3, 0.4) is 0 Å². The molecule has 1 aromatic rings. The molecule has 0 saturated carbocycles. The molecular weight excluding hydrogens is 330 g/mol. The van der Waals surface area contributed by atoms with Gasteiger partial charge in [-0.25, -0.2) is 0 Å². The number of unbranched alkanes of at least 4 members (excludes halogenated alkanes) is 3. The molecule has 0 aliphatic carbocycles. The maximum absolute atomic E-state index is 11.8. The molecule has 0 saturated heterocycles. The lowest BCUT2D eigenvalue weighted by Gasteiger charge is -2.19. The second-order valence-corrected chi connectivity index (χ2v) is 7.14. The lowest BCUT2D eigenvalue weighted by atomic mass is 10.1. The molecule has 6 nitrogen and oxygen atoms in total. The number of esters is 1. The number of amides is 1. The van der Waals surface area contributed by atoms with Gasteiger partial charge < -0.3 is 15.4 Å². The smallest absolute Gasteiger partial charge is 0.306 e. The van der Waals surface area contributed by atoms with E-state index in [-0.39, 0.29) is 18.4 Å². The topological polar surface area (TPSA) is 91.2 Å². The number of carbonyl (C=O) groups excluding carboxylic acids is 2. The Morgan fingerprint density at radius 1 is 1.08 bits per heavy atom. The molecule has 0 bridgehead atoms. The highest BCUT2D eigenvalue weighted by Gasteiger charge is 2.15. The van der Waals surface area contributed by atoms with Crippen molar-refractivity contribution in [2.45, 2.75) is 58.5 Å². The van der Waals surface area contributed by atoms with Gasteiger partial charge in [0, 0.05) is 18.7 Å². The summed E-state index contributed by atoms with van der Waals surface area (Å²) in [5, 5.41) is 14.6. The summed E-state index contributed by atoms with van der Waals surface area (Å²) in [7, 11) is 0. The molecule has 1 rings (SSSR count). The van der Waals surface area contributed by atoms with Crippen LogP contribution >= 0.6 is 0 Å². The van der Waals surface area contributed by atoms with E-state index in [2.05, 4.69) is 16.7 Å². The summed E-state index contributed by atoms with van der Waals surface area (Å²) in [5.41, 5.74) is 0.973. The molecule has 0 aliphatic heterocycles. The van der Waals surface area contributed by atoms with Crippen molar-refractivity contribution in [1.29, 1.82) is 5.26 Å². The standard InChI is InChI=1S/C20H29N3O3/c1-20(2,3)26-19(25)8-6-4-5-7-13-22-18(24)15-23-17-11-9-16(14-21)10-12-17/h9-12,23H,4-8,13,15H2,1-3H3,(H,22,24). The Hall–Kier alpha value is -2.55. The van der Waals surface area contributed by atoms with E-state index in [1.54, 1.807) is 24.3 Å². The number of rotatable bonds is 10. The van der Waals surface area contributed by atoms with Crippen LogP contribution in [0.1, 0.15) is 58.4 Å². The first-order valence-electron chi connectivity index (χ1n) is 9.03. The lowest BCUT2D eigenvalue weighted by molar-refractivity contribution is -0.154. The zero-order valence-corrected chi connectivity index (χ0v) is 15.9. The van der Waals surface area contributed by atoms with Gasteiger partial charge in [0.05, 0.1) is 18.2 Å². The zero-order valence-electron chi connectivity index (χ0n) is 15.9. The number of ether oxygens (including phenoxy) is 1. The average Bonchev–Trinajstić information content (AvgIpc) is 2.58. The number of nitrogens with zero attached hydrogens (tertiary/aromatic N) is 1. The fourth-order valence-electron chi connectivity index (χ4n) is 2.28. The summed E-state index contributed by atoms with van der Waals surface area (Å²) in [6, 6.07) is 9.01. The second-order valence-electron chi connectivity index (χ2n) is 7.14. The van der Waals surface area contributed by atoms with E-state index in [4.69, 9.17) is 10.00 Å². The molecule has 0 fully saturated rings. The fourth-order valence-corrected chi connectivity index (χ4v) is 2.28. The van der Waals surface area contributed by atoms with Crippen molar-refractivity contribution in [2.75, 3.05) is 18.4 Å². The van der Waals surface area contributed by atoms with Gasteiger partial charge in [-0.2, -0.15) is 5.26 Å². The number of benzene rings is 1. The Bertz CT molecular complexity index is 613. The van der Waals surface area contributed by atoms with E-state index in [9.17, 15) is 9.59 Å². The van der Waals surface area contributed by atoms with E-state index in [0.29, 0.717) is 18.5 Å². The highest BCUT2D eigenvalue weighted by Crippen LogP contribution is 2.11. The molecule has 0 aromatic heterocycles. The molecule has 0 spiro atoms. The van der Waals surface area contributed by atoms with Crippen molar-refractivity contribution in [1.82, 2.24) is 5.32 Å². The number of hydrogen-bond acceptors (Lipinski definition) is 5. The van der Waals surface area contributed by atoms with Crippen molar-refractivity contribution < 1.29 is 14.3 Å². The van der Waals surface area contributed by atoms with Gasteiger partial charge in [-0.15, -0.1) is 0 Å². The molecule has 2 N–H and O–H groups in total. The van der Waals surface area contributed by atoms with Crippen LogP contribution in [-0.4, -0.2) is 30.6 Å². The van der Waals surface area contributed by atoms with Gasteiger partial charge in [0.15, 0.2) is 0 Å². The largest absolute Gasteiger partial charge is 0.460 e. The van der Waals surface area contributed by atoms with Crippen LogP contribution in [0.2, 0.25) is 0 Å². The van der Waals surface area contributed by atoms with Crippen molar-refractivity contribution in [3.63, 3.8) is 0 Å². The first-order chi connectivity index (χ1) is 12.3. The van der Waals surface area contributed by atoms with Gasteiger partial charge in [0.25, 0.3) is 0 Å². The third-order valence-electron chi connectivity index (χ3n) is 3.52. The molecule has 1 aromatic carbocycles. The summed E-state index contributed by atoms with van der Waals surface area (Å²) >= 11 is 0. The molecular formula is C20H29N3O3. The zero-order chi connectivity index (χ0) is 19.4. The maximum atomic E-state index is 11.8. The van der Waals surface area contributed by atoms with Crippen molar-refractivity contribution in [3.8, 4) is 6.07 Å². The Morgan fingerprint density at radius 3 is 2.35 bits per heavy atom. The van der Waals surface area contributed by atoms with Crippen LogP contribution in [0.15, 0.2) is 24.3 Å². The molecule has 0 heterocycles. The third kappa shape index (κ3) is 10.3. The summed E-state index contributed by atoms with van der Waals surface area (Å²) in [6.07, 6.45) is 4.04. The molecule has 0 atom stereocenters. The normalized spacial score (nSPS) is 10.7. The van der Waals surface area contributed by atoms with E-state index in [0.717, 1.165) is 31.4 Å². The first kappa shape index (κ1) is 21.5. The van der Waals surface area contributed by atoms with Crippen LogP contribution in [0.25, 0.3) is 0 Å². The first-order valence-corrected chi connectivity index (χ1v) is 9.03. The van der Waals surface area contributed by atoms with Crippen LogP contribution in [0, 0.1) is 11.3 Å². The van der Waals surface area contributed by atoms with E-state index >= 15 is 0 Å². The summed E-state index contributed by atoms with van der Waals surface area (Å²) in [5.74, 6) is -0.220. The lowest BCUT2D eigenvalue weighted by Crippen LogP contribution is -2.30. The molecule has 1 amide bonds. The number of carbonyl (C=O) groups is 2. The van der Waals surface area contributed by atoms with Gasteiger partial charge in [0.2, 0.25) is 5.91 Å². The molecule has 142 valence electrons. The van der Waals surface area contributed by atoms with E-state index in [1.165, 1.54) is 0 Å². The Balaban J connectivity index is 2.02. The van der Waals surface area contributed by atoms with Crippen LogP contribution in [0.4, 0.5) is 5.69 Å². The molecule has 26 heavy (non-hydrogen) atoms. The van der Waals surface area contributed by atoms with Crippen LogP contribution in [-0.2, 0) is 14.3 Å². The highest BCUT2D eigenvalue weighted by molar-refractivity contribution is 5.80. The molecule has 0 unspecified atom stereocenters. The molecule has 0 aliphatic rings. The van der Waals surface area contributed by atoms with E-state index < -0.39 is 5.60 Å². The Kier molecular flexibility index (Phi) is 9.21. The van der Waals surface area contributed by atoms with E-state index in [1.807, 2.05) is 20.8 Å². The number of nitrogens with one attached hydrogen (secondary N) is 2.